The van der Waals surface area contributed by atoms with E-state index in [2.05, 4.69) is 41.2 Å². The van der Waals surface area contributed by atoms with Gasteiger partial charge in [0, 0.05) is 13.1 Å². The van der Waals surface area contributed by atoms with Crippen LogP contribution in [0.25, 0.3) is 0 Å². The molecule has 0 aromatic rings. The van der Waals surface area contributed by atoms with E-state index in [9.17, 15) is 0 Å². The molecule has 4 nitrogen and oxygen atoms in total. The van der Waals surface area contributed by atoms with Crippen molar-refractivity contribution in [2.24, 2.45) is 0 Å². The zero-order valence-corrected chi connectivity index (χ0v) is 12.6. The van der Waals surface area contributed by atoms with Gasteiger partial charge < -0.3 is 20.0 Å². The highest BCUT2D eigenvalue weighted by molar-refractivity contribution is 4.62. The van der Waals surface area contributed by atoms with Gasteiger partial charge in [0.1, 0.15) is 0 Å². The van der Waals surface area contributed by atoms with Crippen molar-refractivity contribution in [3.05, 3.63) is 0 Å². The predicted molar refractivity (Wildman–Crippen MR) is 79.2 cm³/mol. The van der Waals surface area contributed by atoms with E-state index in [0.717, 1.165) is 13.1 Å². The van der Waals surface area contributed by atoms with Crippen LogP contribution in [-0.2, 0) is 0 Å². The minimum atomic E-state index is 1.16. The molecule has 0 atom stereocenters. The van der Waals surface area contributed by atoms with E-state index in [1.807, 2.05) is 0 Å². The summed E-state index contributed by atoms with van der Waals surface area (Å²) < 4.78 is 0. The average Bonchev–Trinajstić information content (AvgIpc) is 2.34. The average molecular weight is 256 g/mol. The maximum atomic E-state index is 3.54. The summed E-state index contributed by atoms with van der Waals surface area (Å²) in [6.07, 6.45) is 3.81. The van der Waals surface area contributed by atoms with Gasteiger partial charge in [-0.2, -0.15) is 0 Å². The quantitative estimate of drug-likeness (QED) is 0.683. The van der Waals surface area contributed by atoms with Crippen LogP contribution in [0.3, 0.4) is 0 Å². The molecule has 1 N–H and O–H groups in total. The van der Waals surface area contributed by atoms with Gasteiger partial charge in [-0.05, 0) is 79.7 Å². The molecule has 1 aliphatic rings. The standard InChI is InChI=1S/C14H32N4/c1-16-9-4-7-15-8-5-10-17(2)13-14-18(3)12-6-11-16/h15H,4-14H2,1-3H3. The minimum absolute atomic E-state index is 1.16. The highest BCUT2D eigenvalue weighted by Crippen LogP contribution is 1.95. The molecular weight excluding hydrogens is 224 g/mol. The summed E-state index contributed by atoms with van der Waals surface area (Å²) in [7, 11) is 6.72. The van der Waals surface area contributed by atoms with Crippen molar-refractivity contribution in [2.75, 3.05) is 73.5 Å². The van der Waals surface area contributed by atoms with E-state index >= 15 is 0 Å². The van der Waals surface area contributed by atoms with Crippen molar-refractivity contribution in [2.45, 2.75) is 19.3 Å². The summed E-state index contributed by atoms with van der Waals surface area (Å²) in [5, 5.41) is 3.54. The SMILES string of the molecule is CN1CCCNCCCN(C)CCN(C)CCC1. The van der Waals surface area contributed by atoms with Crippen molar-refractivity contribution in [1.82, 2.24) is 20.0 Å². The first kappa shape index (κ1) is 15.9. The van der Waals surface area contributed by atoms with Gasteiger partial charge in [-0.15, -0.1) is 0 Å². The second kappa shape index (κ2) is 9.73. The molecule has 0 spiro atoms. The van der Waals surface area contributed by atoms with Gasteiger partial charge in [-0.25, -0.2) is 0 Å². The van der Waals surface area contributed by atoms with Gasteiger partial charge in [0.05, 0.1) is 0 Å². The summed E-state index contributed by atoms with van der Waals surface area (Å²) in [5.41, 5.74) is 0. The highest BCUT2D eigenvalue weighted by atomic mass is 15.2. The largest absolute Gasteiger partial charge is 0.317 e. The number of hydrogen-bond acceptors (Lipinski definition) is 4. The molecule has 0 bridgehead atoms. The van der Waals surface area contributed by atoms with Crippen molar-refractivity contribution in [3.63, 3.8) is 0 Å². The molecular formula is C14H32N4. The Bertz CT molecular complexity index is 198. The number of nitrogens with one attached hydrogen (secondary N) is 1. The van der Waals surface area contributed by atoms with Crippen molar-refractivity contribution in [1.29, 1.82) is 0 Å². The Morgan fingerprint density at radius 2 is 0.944 bits per heavy atom. The van der Waals surface area contributed by atoms with Crippen LogP contribution in [0.15, 0.2) is 0 Å². The van der Waals surface area contributed by atoms with Crippen LogP contribution in [0.1, 0.15) is 19.3 Å². The monoisotopic (exact) mass is 256 g/mol. The number of likely N-dealkylation sites (N-methyl/N-ethyl adjacent to an activating group) is 2. The fourth-order valence-electron chi connectivity index (χ4n) is 2.36. The van der Waals surface area contributed by atoms with Crippen LogP contribution in [0.4, 0.5) is 0 Å². The second-order valence-electron chi connectivity index (χ2n) is 5.72. The number of hydrogen-bond donors (Lipinski definition) is 1. The minimum Gasteiger partial charge on any atom is -0.317 e. The van der Waals surface area contributed by atoms with Gasteiger partial charge >= 0.3 is 0 Å². The smallest absolute Gasteiger partial charge is 0.0106 e. The van der Waals surface area contributed by atoms with Gasteiger partial charge in [-0.3, -0.25) is 0 Å². The van der Waals surface area contributed by atoms with Crippen LogP contribution in [0.5, 0.6) is 0 Å². The van der Waals surface area contributed by atoms with E-state index in [1.54, 1.807) is 0 Å². The highest BCUT2D eigenvalue weighted by Gasteiger charge is 2.04. The maximum absolute atomic E-state index is 3.54. The Morgan fingerprint density at radius 3 is 1.44 bits per heavy atom. The summed E-state index contributed by atoms with van der Waals surface area (Å²) in [4.78, 5) is 7.37. The Hall–Kier alpha value is -0.160. The summed E-state index contributed by atoms with van der Waals surface area (Å²) >= 11 is 0. The van der Waals surface area contributed by atoms with Crippen LogP contribution in [-0.4, -0.2) is 88.2 Å². The fraction of sp³-hybridized carbons (Fsp3) is 1.00. The van der Waals surface area contributed by atoms with Gasteiger partial charge in [0.2, 0.25) is 0 Å². The molecule has 0 unspecified atom stereocenters. The zero-order chi connectivity index (χ0) is 13.2. The molecule has 4 heteroatoms. The van der Waals surface area contributed by atoms with E-state index < -0.39 is 0 Å². The first-order valence-electron chi connectivity index (χ1n) is 7.45. The molecule has 1 fully saturated rings. The molecule has 0 aromatic heterocycles. The van der Waals surface area contributed by atoms with E-state index in [-0.39, 0.29) is 0 Å². The molecule has 0 aromatic carbocycles. The van der Waals surface area contributed by atoms with Gasteiger partial charge in [0.15, 0.2) is 0 Å². The summed E-state index contributed by atoms with van der Waals surface area (Å²) in [6, 6.07) is 0. The van der Waals surface area contributed by atoms with Crippen LogP contribution < -0.4 is 5.32 Å². The normalized spacial score (nSPS) is 25.5. The lowest BCUT2D eigenvalue weighted by atomic mass is 10.3. The lowest BCUT2D eigenvalue weighted by Gasteiger charge is -2.22. The van der Waals surface area contributed by atoms with Gasteiger partial charge in [-0.1, -0.05) is 0 Å². The molecule has 0 saturated carbocycles. The molecule has 0 radical (unpaired) electrons. The third-order valence-corrected chi connectivity index (χ3v) is 3.73. The second-order valence-corrected chi connectivity index (χ2v) is 5.72. The number of rotatable bonds is 0. The zero-order valence-electron chi connectivity index (χ0n) is 12.6. The third kappa shape index (κ3) is 8.03. The van der Waals surface area contributed by atoms with Crippen molar-refractivity contribution < 1.29 is 0 Å². The van der Waals surface area contributed by atoms with Crippen molar-refractivity contribution >= 4 is 0 Å². The summed E-state index contributed by atoms with van der Waals surface area (Å²) in [6.45, 7) is 9.56. The van der Waals surface area contributed by atoms with Crippen LogP contribution >= 0.6 is 0 Å². The molecule has 18 heavy (non-hydrogen) atoms. The Kier molecular flexibility index (Phi) is 8.59. The predicted octanol–water partition coefficient (Wildman–Crippen LogP) is 0.555. The lowest BCUT2D eigenvalue weighted by molar-refractivity contribution is 0.241. The molecule has 0 amide bonds. The summed E-state index contributed by atoms with van der Waals surface area (Å²) in [5.74, 6) is 0. The fourth-order valence-corrected chi connectivity index (χ4v) is 2.36. The Balaban J connectivity index is 2.28. The van der Waals surface area contributed by atoms with Crippen LogP contribution in [0.2, 0.25) is 0 Å². The molecule has 1 aliphatic heterocycles. The lowest BCUT2D eigenvalue weighted by Crippen LogP contribution is -2.33. The third-order valence-electron chi connectivity index (χ3n) is 3.73. The molecule has 1 saturated heterocycles. The Labute approximate surface area is 113 Å². The van der Waals surface area contributed by atoms with E-state index in [4.69, 9.17) is 0 Å². The Morgan fingerprint density at radius 1 is 0.556 bits per heavy atom. The first-order chi connectivity index (χ1) is 8.68. The molecule has 0 aliphatic carbocycles. The topological polar surface area (TPSA) is 21.8 Å². The van der Waals surface area contributed by atoms with E-state index in [1.165, 1.54) is 58.5 Å². The molecule has 1 rings (SSSR count). The maximum Gasteiger partial charge on any atom is 0.0106 e. The first-order valence-corrected chi connectivity index (χ1v) is 7.45. The molecule has 108 valence electrons. The molecule has 1 heterocycles. The van der Waals surface area contributed by atoms with E-state index in [0.29, 0.717) is 0 Å². The van der Waals surface area contributed by atoms with Crippen molar-refractivity contribution in [3.8, 4) is 0 Å². The van der Waals surface area contributed by atoms with Crippen LogP contribution in [0, 0.1) is 0 Å². The van der Waals surface area contributed by atoms with Gasteiger partial charge in [0.25, 0.3) is 0 Å². The number of nitrogens with zero attached hydrogens (tertiary/aromatic N) is 3.